The van der Waals surface area contributed by atoms with Crippen LogP contribution >= 0.6 is 0 Å². The molecule has 27 heavy (non-hydrogen) atoms. The molecular formula is C24H27NO2. The van der Waals surface area contributed by atoms with E-state index in [4.69, 9.17) is 4.74 Å². The first kappa shape index (κ1) is 16.9. The van der Waals surface area contributed by atoms with Crippen molar-refractivity contribution in [1.82, 2.24) is 0 Å². The summed E-state index contributed by atoms with van der Waals surface area (Å²) in [6.45, 7) is 0. The molecular weight excluding hydrogens is 334 g/mol. The zero-order chi connectivity index (χ0) is 18.4. The number of hydrogen-bond donors (Lipinski definition) is 1. The van der Waals surface area contributed by atoms with E-state index in [0.29, 0.717) is 11.0 Å². The molecule has 0 spiro atoms. The molecule has 2 aromatic carbocycles. The van der Waals surface area contributed by atoms with Gasteiger partial charge in [0, 0.05) is 11.4 Å². The lowest BCUT2D eigenvalue weighted by molar-refractivity contribution is -0.00518. The molecule has 6 rings (SSSR count). The maximum absolute atomic E-state index is 11.7. The van der Waals surface area contributed by atoms with Gasteiger partial charge in [-0.25, -0.2) is 4.79 Å². The summed E-state index contributed by atoms with van der Waals surface area (Å²) < 4.78 is 4.81. The summed E-state index contributed by atoms with van der Waals surface area (Å²) in [7, 11) is 1.41. The van der Waals surface area contributed by atoms with E-state index in [1.165, 1.54) is 51.2 Å². The molecule has 3 heteroatoms. The standard InChI is InChI=1S/C24H27NO2/c1-27-23(26)19-3-2-4-22(12-19)25-21-7-5-20(6-8-21)24-13-16-9-17(14-24)11-18(10-16)15-24/h2-8,12,16-18,25H,9-11,13-15H2,1H3. The van der Waals surface area contributed by atoms with E-state index >= 15 is 0 Å². The number of hydrogen-bond acceptors (Lipinski definition) is 3. The van der Waals surface area contributed by atoms with Gasteiger partial charge in [-0.3, -0.25) is 0 Å². The van der Waals surface area contributed by atoms with Crippen LogP contribution in [0.2, 0.25) is 0 Å². The Balaban J connectivity index is 1.35. The fraction of sp³-hybridized carbons (Fsp3) is 0.458. The Morgan fingerprint density at radius 1 is 0.926 bits per heavy atom. The van der Waals surface area contributed by atoms with Crippen molar-refractivity contribution in [2.24, 2.45) is 17.8 Å². The van der Waals surface area contributed by atoms with Crippen LogP contribution in [-0.2, 0) is 10.2 Å². The van der Waals surface area contributed by atoms with E-state index in [2.05, 4.69) is 29.6 Å². The Labute approximate surface area is 161 Å². The third kappa shape index (κ3) is 3.03. The summed E-state index contributed by atoms with van der Waals surface area (Å²) in [6.07, 6.45) is 8.63. The topological polar surface area (TPSA) is 38.3 Å². The van der Waals surface area contributed by atoms with Gasteiger partial charge in [0.05, 0.1) is 12.7 Å². The summed E-state index contributed by atoms with van der Waals surface area (Å²) in [6, 6.07) is 16.5. The van der Waals surface area contributed by atoms with Crippen molar-refractivity contribution in [2.75, 3.05) is 12.4 Å². The number of methoxy groups -OCH3 is 1. The molecule has 4 saturated carbocycles. The number of ether oxygens (including phenoxy) is 1. The largest absolute Gasteiger partial charge is 0.465 e. The van der Waals surface area contributed by atoms with Crippen molar-refractivity contribution in [2.45, 2.75) is 43.9 Å². The first-order valence-electron chi connectivity index (χ1n) is 10.2. The van der Waals surface area contributed by atoms with Crippen LogP contribution in [0.5, 0.6) is 0 Å². The van der Waals surface area contributed by atoms with Gasteiger partial charge in [-0.1, -0.05) is 18.2 Å². The average Bonchev–Trinajstić information content (AvgIpc) is 2.67. The normalized spacial score (nSPS) is 30.9. The molecule has 140 valence electrons. The highest BCUT2D eigenvalue weighted by molar-refractivity contribution is 5.90. The Morgan fingerprint density at radius 3 is 2.15 bits per heavy atom. The molecule has 0 saturated heterocycles. The van der Waals surface area contributed by atoms with Crippen molar-refractivity contribution >= 4 is 17.3 Å². The molecule has 0 atom stereocenters. The van der Waals surface area contributed by atoms with E-state index in [0.717, 1.165) is 29.1 Å². The molecule has 2 aromatic rings. The van der Waals surface area contributed by atoms with Crippen LogP contribution in [-0.4, -0.2) is 13.1 Å². The molecule has 3 nitrogen and oxygen atoms in total. The molecule has 4 bridgehead atoms. The molecule has 4 fully saturated rings. The average molecular weight is 361 g/mol. The number of anilines is 2. The highest BCUT2D eigenvalue weighted by Crippen LogP contribution is 2.60. The number of benzene rings is 2. The summed E-state index contributed by atoms with van der Waals surface area (Å²) in [4.78, 5) is 11.7. The first-order chi connectivity index (χ1) is 13.1. The molecule has 0 aliphatic heterocycles. The van der Waals surface area contributed by atoms with Gasteiger partial charge in [0.25, 0.3) is 0 Å². The minimum Gasteiger partial charge on any atom is -0.465 e. The molecule has 0 heterocycles. The van der Waals surface area contributed by atoms with Crippen molar-refractivity contribution in [1.29, 1.82) is 0 Å². The van der Waals surface area contributed by atoms with Gasteiger partial charge in [-0.15, -0.1) is 0 Å². The van der Waals surface area contributed by atoms with Crippen LogP contribution in [0.15, 0.2) is 48.5 Å². The Morgan fingerprint density at radius 2 is 1.56 bits per heavy atom. The van der Waals surface area contributed by atoms with Gasteiger partial charge in [0.15, 0.2) is 0 Å². The third-order valence-corrected chi connectivity index (χ3v) is 7.11. The van der Waals surface area contributed by atoms with Gasteiger partial charge >= 0.3 is 5.97 Å². The predicted octanol–water partition coefficient (Wildman–Crippen LogP) is 5.68. The number of carbonyl (C=O) groups excluding carboxylic acids is 1. The lowest BCUT2D eigenvalue weighted by Gasteiger charge is -2.57. The predicted molar refractivity (Wildman–Crippen MR) is 107 cm³/mol. The monoisotopic (exact) mass is 361 g/mol. The zero-order valence-electron chi connectivity index (χ0n) is 15.9. The smallest absolute Gasteiger partial charge is 0.337 e. The minimum absolute atomic E-state index is 0.309. The van der Waals surface area contributed by atoms with Crippen LogP contribution in [0.4, 0.5) is 11.4 Å². The van der Waals surface area contributed by atoms with E-state index in [1.807, 2.05) is 18.2 Å². The van der Waals surface area contributed by atoms with Crippen molar-refractivity contribution in [3.8, 4) is 0 Å². The molecule has 4 aliphatic rings. The third-order valence-electron chi connectivity index (χ3n) is 7.11. The summed E-state index contributed by atoms with van der Waals surface area (Å²) >= 11 is 0. The quantitative estimate of drug-likeness (QED) is 0.712. The number of rotatable bonds is 4. The van der Waals surface area contributed by atoms with Gasteiger partial charge in [-0.05, 0) is 97.6 Å². The van der Waals surface area contributed by atoms with Gasteiger partial charge in [0.1, 0.15) is 0 Å². The number of nitrogens with one attached hydrogen (secondary N) is 1. The first-order valence-corrected chi connectivity index (χ1v) is 10.2. The van der Waals surface area contributed by atoms with Crippen LogP contribution in [0.1, 0.15) is 54.4 Å². The molecule has 0 aromatic heterocycles. The zero-order valence-corrected chi connectivity index (χ0v) is 15.9. The Kier molecular flexibility index (Phi) is 3.99. The maximum atomic E-state index is 11.7. The summed E-state index contributed by atoms with van der Waals surface area (Å²) in [5, 5.41) is 3.42. The van der Waals surface area contributed by atoms with E-state index in [9.17, 15) is 4.79 Å². The second-order valence-corrected chi connectivity index (χ2v) is 8.97. The number of carbonyl (C=O) groups is 1. The van der Waals surface area contributed by atoms with Gasteiger partial charge in [-0.2, -0.15) is 0 Å². The van der Waals surface area contributed by atoms with Crippen LogP contribution in [0.3, 0.4) is 0 Å². The second-order valence-electron chi connectivity index (χ2n) is 8.97. The van der Waals surface area contributed by atoms with Gasteiger partial charge in [0.2, 0.25) is 0 Å². The van der Waals surface area contributed by atoms with Crippen LogP contribution < -0.4 is 5.32 Å². The lowest BCUT2D eigenvalue weighted by atomic mass is 9.48. The molecule has 0 amide bonds. The lowest BCUT2D eigenvalue weighted by Crippen LogP contribution is -2.48. The Bertz CT molecular complexity index is 820. The molecule has 4 aliphatic carbocycles. The summed E-state index contributed by atoms with van der Waals surface area (Å²) in [5.41, 5.74) is 4.51. The van der Waals surface area contributed by atoms with Crippen molar-refractivity contribution in [3.63, 3.8) is 0 Å². The van der Waals surface area contributed by atoms with Crippen molar-refractivity contribution in [3.05, 3.63) is 59.7 Å². The molecule has 0 radical (unpaired) electrons. The maximum Gasteiger partial charge on any atom is 0.337 e. The van der Waals surface area contributed by atoms with Crippen molar-refractivity contribution < 1.29 is 9.53 Å². The minimum atomic E-state index is -0.309. The van der Waals surface area contributed by atoms with Gasteiger partial charge < -0.3 is 10.1 Å². The van der Waals surface area contributed by atoms with Crippen LogP contribution in [0, 0.1) is 17.8 Å². The highest BCUT2D eigenvalue weighted by atomic mass is 16.5. The fourth-order valence-electron chi connectivity index (χ4n) is 6.38. The summed E-state index contributed by atoms with van der Waals surface area (Å²) in [5.74, 6) is 2.59. The Hall–Kier alpha value is -2.29. The van der Waals surface area contributed by atoms with E-state index in [-0.39, 0.29) is 5.97 Å². The molecule has 1 N–H and O–H groups in total. The molecule has 0 unspecified atom stereocenters. The van der Waals surface area contributed by atoms with E-state index in [1.54, 1.807) is 6.07 Å². The second kappa shape index (κ2) is 6.40. The highest BCUT2D eigenvalue weighted by Gasteiger charge is 2.51. The fourth-order valence-corrected chi connectivity index (χ4v) is 6.38. The van der Waals surface area contributed by atoms with Crippen LogP contribution in [0.25, 0.3) is 0 Å². The SMILES string of the molecule is COC(=O)c1cccc(Nc2ccc(C34CC5CC(CC(C5)C3)C4)cc2)c1. The number of esters is 1. The van der Waals surface area contributed by atoms with E-state index < -0.39 is 0 Å².